The van der Waals surface area contributed by atoms with Crippen LogP contribution in [0.2, 0.25) is 0 Å². The molecule has 1 aromatic rings. The quantitative estimate of drug-likeness (QED) is 0.871. The number of halogens is 2. The van der Waals surface area contributed by atoms with E-state index in [1.54, 1.807) is 0 Å². The van der Waals surface area contributed by atoms with Crippen molar-refractivity contribution in [1.29, 1.82) is 0 Å². The van der Waals surface area contributed by atoms with Crippen LogP contribution in [0.25, 0.3) is 0 Å². The van der Waals surface area contributed by atoms with Crippen molar-refractivity contribution in [3.63, 3.8) is 0 Å². The highest BCUT2D eigenvalue weighted by Crippen LogP contribution is 2.33. The maximum atomic E-state index is 13.3. The molecule has 0 aliphatic rings. The first-order valence-electron chi connectivity index (χ1n) is 4.06. The monoisotopic (exact) mass is 293 g/mol. The van der Waals surface area contributed by atoms with E-state index < -0.39 is 16.5 Å². The van der Waals surface area contributed by atoms with Gasteiger partial charge >= 0.3 is 5.97 Å². The molecular formula is C9H9BrFNO2S. The third kappa shape index (κ3) is 3.17. The fourth-order valence-electron chi connectivity index (χ4n) is 0.762. The maximum Gasteiger partial charge on any atom is 0.319 e. The molecule has 82 valence electrons. The van der Waals surface area contributed by atoms with E-state index in [0.717, 1.165) is 11.8 Å². The molecule has 1 aromatic heterocycles. The van der Waals surface area contributed by atoms with Crippen LogP contribution >= 0.6 is 27.7 Å². The van der Waals surface area contributed by atoms with Gasteiger partial charge in [0.05, 0.1) is 0 Å². The molecular weight excluding hydrogens is 285 g/mol. The van der Waals surface area contributed by atoms with Gasteiger partial charge in [-0.3, -0.25) is 4.79 Å². The Bertz CT molecular complexity index is 398. The molecule has 0 aliphatic heterocycles. The maximum absolute atomic E-state index is 13.3. The summed E-state index contributed by atoms with van der Waals surface area (Å²) >= 11 is 3.96. The summed E-state index contributed by atoms with van der Waals surface area (Å²) in [4.78, 5) is 14.6. The van der Waals surface area contributed by atoms with Gasteiger partial charge in [-0.15, -0.1) is 0 Å². The fraction of sp³-hybridized carbons (Fsp3) is 0.333. The fourth-order valence-corrected chi connectivity index (χ4v) is 1.90. The molecule has 0 aromatic carbocycles. The SMILES string of the molecule is CC(C)(Sc1ncc(Br)cc1F)C(=O)O. The van der Waals surface area contributed by atoms with Crippen LogP contribution in [0.1, 0.15) is 13.8 Å². The molecule has 0 spiro atoms. The van der Waals surface area contributed by atoms with Crippen LogP contribution in [0, 0.1) is 5.82 Å². The van der Waals surface area contributed by atoms with E-state index in [-0.39, 0.29) is 5.03 Å². The van der Waals surface area contributed by atoms with Crippen LogP contribution in [-0.2, 0) is 4.79 Å². The Morgan fingerprint density at radius 2 is 2.27 bits per heavy atom. The van der Waals surface area contributed by atoms with E-state index in [2.05, 4.69) is 20.9 Å². The van der Waals surface area contributed by atoms with Gasteiger partial charge in [-0.2, -0.15) is 0 Å². The second kappa shape index (κ2) is 4.49. The lowest BCUT2D eigenvalue weighted by Gasteiger charge is -2.17. The van der Waals surface area contributed by atoms with Crippen LogP contribution in [0.3, 0.4) is 0 Å². The number of hydrogen-bond acceptors (Lipinski definition) is 3. The van der Waals surface area contributed by atoms with Gasteiger partial charge in [-0.1, -0.05) is 11.8 Å². The Morgan fingerprint density at radius 1 is 1.67 bits per heavy atom. The first-order chi connectivity index (χ1) is 6.83. The van der Waals surface area contributed by atoms with Gasteiger partial charge in [0.2, 0.25) is 0 Å². The van der Waals surface area contributed by atoms with Crippen molar-refractivity contribution < 1.29 is 14.3 Å². The van der Waals surface area contributed by atoms with E-state index in [9.17, 15) is 9.18 Å². The highest BCUT2D eigenvalue weighted by Gasteiger charge is 2.30. The van der Waals surface area contributed by atoms with Gasteiger partial charge < -0.3 is 5.11 Å². The number of hydrogen-bond donors (Lipinski definition) is 1. The van der Waals surface area contributed by atoms with E-state index in [1.165, 1.54) is 26.1 Å². The van der Waals surface area contributed by atoms with Gasteiger partial charge in [0, 0.05) is 10.7 Å². The minimum absolute atomic E-state index is 0.0885. The number of thioether (sulfide) groups is 1. The summed E-state index contributed by atoms with van der Waals surface area (Å²) in [6, 6.07) is 1.26. The molecule has 0 atom stereocenters. The van der Waals surface area contributed by atoms with Gasteiger partial charge in [0.25, 0.3) is 0 Å². The second-order valence-corrected chi connectivity index (χ2v) is 5.89. The molecule has 1 N–H and O–H groups in total. The topological polar surface area (TPSA) is 50.2 Å². The number of aliphatic carboxylic acids is 1. The Balaban J connectivity index is 2.95. The molecule has 0 amide bonds. The lowest BCUT2D eigenvalue weighted by atomic mass is 10.2. The van der Waals surface area contributed by atoms with Gasteiger partial charge in [-0.25, -0.2) is 9.37 Å². The average molecular weight is 294 g/mol. The van der Waals surface area contributed by atoms with Crippen LogP contribution in [0.5, 0.6) is 0 Å². The number of rotatable bonds is 3. The molecule has 0 unspecified atom stereocenters. The molecule has 0 saturated heterocycles. The summed E-state index contributed by atoms with van der Waals surface area (Å²) in [5.74, 6) is -1.53. The van der Waals surface area contributed by atoms with Crippen LogP contribution in [0.4, 0.5) is 4.39 Å². The van der Waals surface area contributed by atoms with Gasteiger partial charge in [-0.05, 0) is 35.8 Å². The Hall–Kier alpha value is -0.620. The molecule has 1 heterocycles. The van der Waals surface area contributed by atoms with Crippen molar-refractivity contribution in [1.82, 2.24) is 4.98 Å². The normalized spacial score (nSPS) is 11.5. The summed E-state index contributed by atoms with van der Waals surface area (Å²) in [7, 11) is 0. The Morgan fingerprint density at radius 3 is 2.73 bits per heavy atom. The standard InChI is InChI=1S/C9H9BrFNO2S/c1-9(2,8(13)14)15-7-6(11)3-5(10)4-12-7/h3-4H,1-2H3,(H,13,14). The predicted molar refractivity (Wildman–Crippen MR) is 59.5 cm³/mol. The van der Waals surface area contributed by atoms with Crippen LogP contribution in [0.15, 0.2) is 21.8 Å². The number of aromatic nitrogens is 1. The zero-order valence-electron chi connectivity index (χ0n) is 8.12. The van der Waals surface area contributed by atoms with Crippen molar-refractivity contribution in [2.24, 2.45) is 0 Å². The number of carboxylic acids is 1. The zero-order chi connectivity index (χ0) is 11.6. The summed E-state index contributed by atoms with van der Waals surface area (Å²) in [5, 5.41) is 8.96. The molecule has 0 radical (unpaired) electrons. The van der Waals surface area contributed by atoms with Crippen molar-refractivity contribution >= 4 is 33.7 Å². The lowest BCUT2D eigenvalue weighted by Crippen LogP contribution is -2.27. The van der Waals surface area contributed by atoms with Gasteiger partial charge in [0.1, 0.15) is 9.77 Å². The van der Waals surface area contributed by atoms with E-state index in [1.807, 2.05) is 0 Å². The minimum atomic E-state index is -1.10. The van der Waals surface area contributed by atoms with E-state index in [0.29, 0.717) is 4.47 Å². The van der Waals surface area contributed by atoms with Crippen molar-refractivity contribution in [3.05, 3.63) is 22.6 Å². The Labute approximate surface area is 99.2 Å². The van der Waals surface area contributed by atoms with Crippen LogP contribution in [-0.4, -0.2) is 20.8 Å². The molecule has 0 bridgehead atoms. The summed E-state index contributed by atoms with van der Waals surface area (Å²) in [5.41, 5.74) is 0. The molecule has 15 heavy (non-hydrogen) atoms. The number of nitrogens with zero attached hydrogens (tertiary/aromatic N) is 1. The number of carboxylic acid groups (broad SMARTS) is 1. The summed E-state index contributed by atoms with van der Waals surface area (Å²) < 4.78 is 12.8. The summed E-state index contributed by atoms with van der Waals surface area (Å²) in [6.07, 6.45) is 1.43. The zero-order valence-corrected chi connectivity index (χ0v) is 10.5. The van der Waals surface area contributed by atoms with Crippen molar-refractivity contribution in [3.8, 4) is 0 Å². The third-order valence-corrected chi connectivity index (χ3v) is 3.25. The largest absolute Gasteiger partial charge is 0.480 e. The predicted octanol–water partition coefficient (Wildman–Crippen LogP) is 2.94. The molecule has 3 nitrogen and oxygen atoms in total. The molecule has 0 fully saturated rings. The summed E-state index contributed by atoms with van der Waals surface area (Å²) in [6.45, 7) is 3.01. The van der Waals surface area contributed by atoms with Crippen LogP contribution < -0.4 is 0 Å². The molecule has 1 rings (SSSR count). The minimum Gasteiger partial charge on any atom is -0.480 e. The third-order valence-electron chi connectivity index (χ3n) is 1.64. The van der Waals surface area contributed by atoms with E-state index >= 15 is 0 Å². The number of pyridine rings is 1. The first-order valence-corrected chi connectivity index (χ1v) is 5.67. The second-order valence-electron chi connectivity index (χ2n) is 3.36. The highest BCUT2D eigenvalue weighted by molar-refractivity contribution is 9.10. The number of carbonyl (C=O) groups is 1. The van der Waals surface area contributed by atoms with Crippen molar-refractivity contribution in [2.75, 3.05) is 0 Å². The highest BCUT2D eigenvalue weighted by atomic mass is 79.9. The smallest absolute Gasteiger partial charge is 0.319 e. The lowest BCUT2D eigenvalue weighted by molar-refractivity contribution is -0.138. The molecule has 0 saturated carbocycles. The molecule has 6 heteroatoms. The van der Waals surface area contributed by atoms with Gasteiger partial charge in [0.15, 0.2) is 5.82 Å². The first kappa shape index (κ1) is 12.4. The molecule has 0 aliphatic carbocycles. The van der Waals surface area contributed by atoms with E-state index in [4.69, 9.17) is 5.11 Å². The average Bonchev–Trinajstić information content (AvgIpc) is 2.09. The van der Waals surface area contributed by atoms with Crippen molar-refractivity contribution in [2.45, 2.75) is 23.6 Å². The Kier molecular flexibility index (Phi) is 3.72.